The van der Waals surface area contributed by atoms with Crippen molar-refractivity contribution < 1.29 is 47.6 Å². The second-order valence-corrected chi connectivity index (χ2v) is 13.5. The number of methoxy groups -OCH3 is 1. The van der Waals surface area contributed by atoms with Gasteiger partial charge in [-0.2, -0.15) is 13.2 Å². The van der Waals surface area contributed by atoms with E-state index in [4.69, 9.17) is 10.2 Å². The summed E-state index contributed by atoms with van der Waals surface area (Å²) in [7, 11) is 1.54. The number of fused-ring (bicyclic) bond motifs is 1. The van der Waals surface area contributed by atoms with Crippen molar-refractivity contribution in [1.82, 2.24) is 9.80 Å². The summed E-state index contributed by atoms with van der Waals surface area (Å²) < 4.78 is 148. The first kappa shape index (κ1) is 29.2. The van der Waals surface area contributed by atoms with Gasteiger partial charge >= 0.3 is 6.18 Å². The van der Waals surface area contributed by atoms with Gasteiger partial charge in [0.25, 0.3) is 0 Å². The lowest BCUT2D eigenvalue weighted by molar-refractivity contribution is -0.137. The number of aliphatic hydroxyl groups excluding tert-OH is 1. The Morgan fingerprint density at radius 1 is 1.04 bits per heavy atom. The van der Waals surface area contributed by atoms with E-state index in [0.717, 1.165) is 23.1 Å². The fourth-order valence-electron chi connectivity index (χ4n) is 6.07. The molecule has 2 heterocycles. The van der Waals surface area contributed by atoms with Crippen molar-refractivity contribution in [3.05, 3.63) is 135 Å². The summed E-state index contributed by atoms with van der Waals surface area (Å²) in [4.78, 5) is 18.6. The van der Waals surface area contributed by atoms with Gasteiger partial charge in [-0.05, 0) is 66.7 Å². The van der Waals surface area contributed by atoms with Gasteiger partial charge in [-0.15, -0.1) is 11.8 Å². The molecule has 12 heteroatoms. The highest BCUT2D eigenvalue weighted by atomic mass is 32.2. The number of nitrogens with zero attached hydrogens (tertiary/aromatic N) is 3. The first-order valence-corrected chi connectivity index (χ1v) is 17.8. The Morgan fingerprint density at radius 2 is 1.72 bits per heavy atom. The maximum absolute atomic E-state index is 15.2. The largest absolute Gasteiger partial charge is 0.416 e. The average Bonchev–Trinajstić information content (AvgIpc) is 3.23. The Labute approximate surface area is 322 Å². The predicted octanol–water partition coefficient (Wildman–Crippen LogP) is 8.73. The molecule has 280 valence electrons. The molecule has 6 rings (SSSR count). The van der Waals surface area contributed by atoms with Gasteiger partial charge in [0.15, 0.2) is 11.6 Å². The van der Waals surface area contributed by atoms with Crippen LogP contribution in [0.2, 0.25) is 0 Å². The van der Waals surface area contributed by atoms with Gasteiger partial charge < -0.3 is 24.5 Å². The molecule has 2 aliphatic rings. The molecular weight excluding hydrogens is 710 g/mol. The van der Waals surface area contributed by atoms with E-state index in [1.54, 1.807) is 7.11 Å². The van der Waals surface area contributed by atoms with Crippen LogP contribution in [0.5, 0.6) is 0 Å². The summed E-state index contributed by atoms with van der Waals surface area (Å²) in [5, 5.41) is 10.9. The van der Waals surface area contributed by atoms with E-state index in [0.29, 0.717) is 54.0 Å². The molecule has 1 unspecified atom stereocenters. The zero-order valence-corrected chi connectivity index (χ0v) is 29.7. The summed E-state index contributed by atoms with van der Waals surface area (Å²) in [5.74, 6) is -4.36. The number of thioether (sulfide) groups is 1. The molecule has 2 aliphatic heterocycles. The maximum Gasteiger partial charge on any atom is 0.416 e. The number of halogens is 5. The number of rotatable bonds is 12. The Bertz CT molecular complexity index is 2310. The van der Waals surface area contributed by atoms with E-state index in [-0.39, 0.29) is 29.5 Å². The SMILES string of the molecule is [2H]C1=C(SCc2cccc(F)c2F)N(C([2H])([2H])C(=O)N(C2CCN(CCOC)CC2)C([2H])([2H])c2ccc(-c3ccc(C(F)(F)F)cc3)cc2)c2c([2H])c([2H])c(C)c([2H])c2C1O. The molecule has 0 spiro atoms. The number of ether oxygens (including phenoxy) is 1. The number of aliphatic hydroxyl groups is 1. The summed E-state index contributed by atoms with van der Waals surface area (Å²) in [6, 6.07) is 9.87. The second-order valence-electron chi connectivity index (χ2n) is 12.6. The highest BCUT2D eigenvalue weighted by Gasteiger charge is 2.33. The van der Waals surface area contributed by atoms with Gasteiger partial charge in [0.05, 0.1) is 28.2 Å². The number of amides is 1. The second kappa shape index (κ2) is 16.8. The van der Waals surface area contributed by atoms with Crippen molar-refractivity contribution in [3.8, 4) is 11.1 Å². The standard InChI is InChI=1S/C41H42F5N3O3S/c1-27-6-15-36-34(22-27)37(50)23-39(53-26-31-4-3-5-35(42)40(31)43)49(36)25-38(51)48(33-16-18-47(19-17-33)20-21-52-2)24-28-7-9-29(10-8-28)30-11-13-32(14-12-30)41(44,45)46/h3-15,22-23,33,37,50H,16-21,24-26H2,1-2H3/i6D,15D,22D,23D,24D2,25D2. The third-order valence-electron chi connectivity index (χ3n) is 8.94. The van der Waals surface area contributed by atoms with Crippen molar-refractivity contribution in [1.29, 1.82) is 0 Å². The third-order valence-corrected chi connectivity index (χ3v) is 9.97. The minimum Gasteiger partial charge on any atom is -0.384 e. The number of anilines is 1. The zero-order valence-electron chi connectivity index (χ0n) is 36.9. The lowest BCUT2D eigenvalue weighted by Crippen LogP contribution is -2.50. The van der Waals surface area contributed by atoms with E-state index < -0.39 is 101 Å². The summed E-state index contributed by atoms with van der Waals surface area (Å²) in [6.07, 6.45) is -6.18. The number of carbonyl (C=O) groups is 1. The number of carbonyl (C=O) groups excluding carboxylic acids is 1. The van der Waals surface area contributed by atoms with Gasteiger partial charge in [-0.25, -0.2) is 8.78 Å². The van der Waals surface area contributed by atoms with Crippen molar-refractivity contribution in [2.75, 3.05) is 44.7 Å². The van der Waals surface area contributed by atoms with Crippen molar-refractivity contribution >= 4 is 23.4 Å². The van der Waals surface area contributed by atoms with E-state index in [1.807, 2.05) is 4.90 Å². The number of piperidine rings is 1. The first-order chi connectivity index (χ1) is 28.6. The Hall–Kier alpha value is -4.23. The van der Waals surface area contributed by atoms with Crippen molar-refractivity contribution in [2.45, 2.75) is 50.3 Å². The quantitative estimate of drug-likeness (QED) is 0.146. The fraction of sp³-hybridized carbons (Fsp3) is 0.341. The Morgan fingerprint density at radius 3 is 2.38 bits per heavy atom. The van der Waals surface area contributed by atoms with E-state index in [1.165, 1.54) is 55.5 Å². The number of alkyl halides is 3. The average molecular weight is 760 g/mol. The van der Waals surface area contributed by atoms with Gasteiger partial charge in [0.1, 0.15) is 12.6 Å². The fourth-order valence-corrected chi connectivity index (χ4v) is 7.04. The van der Waals surface area contributed by atoms with E-state index in [9.17, 15) is 32.5 Å². The molecule has 0 radical (unpaired) electrons. The molecule has 1 saturated heterocycles. The molecule has 1 amide bonds. The van der Waals surface area contributed by atoms with Crippen LogP contribution in [0.25, 0.3) is 11.1 Å². The van der Waals surface area contributed by atoms with E-state index >= 15 is 4.79 Å². The van der Waals surface area contributed by atoms with Crippen LogP contribution in [0.1, 0.15) is 57.7 Å². The van der Waals surface area contributed by atoms with Crippen molar-refractivity contribution in [3.63, 3.8) is 0 Å². The molecule has 6 nitrogen and oxygen atoms in total. The van der Waals surface area contributed by atoms with Crippen LogP contribution in [0, 0.1) is 18.6 Å². The van der Waals surface area contributed by atoms with Gasteiger partial charge in [0.2, 0.25) is 5.91 Å². The molecule has 1 atom stereocenters. The number of hydrogen-bond acceptors (Lipinski definition) is 6. The zero-order chi connectivity index (χ0) is 44.8. The van der Waals surface area contributed by atoms with E-state index in [2.05, 4.69) is 0 Å². The topological polar surface area (TPSA) is 56.3 Å². The van der Waals surface area contributed by atoms with Crippen LogP contribution in [-0.2, 0) is 28.0 Å². The number of likely N-dealkylation sites (tertiary alicyclic amines) is 1. The van der Waals surface area contributed by atoms with Gasteiger partial charge in [-0.3, -0.25) is 4.79 Å². The smallest absolute Gasteiger partial charge is 0.384 e. The number of hydrogen-bond donors (Lipinski definition) is 1. The summed E-state index contributed by atoms with van der Waals surface area (Å²) in [6.45, 7) is -3.24. The molecule has 0 saturated carbocycles. The molecule has 1 fully saturated rings. The molecule has 4 aromatic rings. The van der Waals surface area contributed by atoms with Gasteiger partial charge in [-0.1, -0.05) is 66.2 Å². The van der Waals surface area contributed by atoms with Crippen LogP contribution in [0.4, 0.5) is 27.6 Å². The van der Waals surface area contributed by atoms with Crippen LogP contribution in [0.15, 0.2) is 95.9 Å². The highest BCUT2D eigenvalue weighted by molar-refractivity contribution is 8.02. The minimum absolute atomic E-state index is 0.0710. The predicted molar refractivity (Wildman–Crippen MR) is 198 cm³/mol. The lowest BCUT2D eigenvalue weighted by atomic mass is 9.99. The summed E-state index contributed by atoms with van der Waals surface area (Å²) >= 11 is 0.547. The van der Waals surface area contributed by atoms with Crippen LogP contribution >= 0.6 is 11.8 Å². The monoisotopic (exact) mass is 759 g/mol. The molecule has 0 aromatic heterocycles. The lowest BCUT2D eigenvalue weighted by Gasteiger charge is -2.40. The van der Waals surface area contributed by atoms with Crippen LogP contribution < -0.4 is 4.90 Å². The minimum atomic E-state index is -4.56. The van der Waals surface area contributed by atoms with Crippen LogP contribution in [-0.4, -0.2) is 66.7 Å². The number of benzene rings is 4. The molecule has 0 aliphatic carbocycles. The third kappa shape index (κ3) is 9.29. The normalized spacial score (nSPS) is 19.6. The van der Waals surface area contributed by atoms with Gasteiger partial charge in [0, 0.05) is 61.8 Å². The van der Waals surface area contributed by atoms with Crippen LogP contribution in [0.3, 0.4) is 0 Å². The molecule has 4 aromatic carbocycles. The molecule has 53 heavy (non-hydrogen) atoms. The van der Waals surface area contributed by atoms with Crippen molar-refractivity contribution in [2.24, 2.45) is 0 Å². The molecule has 1 N–H and O–H groups in total. The first-order valence-electron chi connectivity index (χ1n) is 20.8. The molecule has 0 bridgehead atoms. The Balaban J connectivity index is 1.46. The maximum atomic E-state index is 15.2. The summed E-state index contributed by atoms with van der Waals surface area (Å²) in [5.41, 5.74) is -1.48. The molecular formula is C41H42F5N3O3S. The Kier molecular flexibility index (Phi) is 9.27. The highest BCUT2D eigenvalue weighted by Crippen LogP contribution is 2.41.